The lowest BCUT2D eigenvalue weighted by atomic mass is 10.0. The van der Waals surface area contributed by atoms with Crippen LogP contribution in [0, 0.1) is 0 Å². The molecule has 43 heavy (non-hydrogen) atoms. The number of likely N-dealkylation sites (tertiary alicyclic amines) is 1. The molecule has 4 aromatic heterocycles. The van der Waals surface area contributed by atoms with E-state index in [1.54, 1.807) is 24.2 Å². The number of nitrogens with zero attached hydrogens (tertiary/aromatic N) is 7. The summed E-state index contributed by atoms with van der Waals surface area (Å²) in [5.41, 5.74) is 11.9. The van der Waals surface area contributed by atoms with E-state index in [2.05, 4.69) is 40.2 Å². The molecule has 3 N–H and O–H groups in total. The van der Waals surface area contributed by atoms with Crippen molar-refractivity contribution in [1.29, 1.82) is 0 Å². The number of methoxy groups -OCH3 is 1. The third-order valence-corrected chi connectivity index (χ3v) is 8.49. The average Bonchev–Trinajstić information content (AvgIpc) is 3.80. The molecule has 5 heterocycles. The molecule has 218 valence electrons. The minimum absolute atomic E-state index is 0.0143. The van der Waals surface area contributed by atoms with Gasteiger partial charge in [-0.15, -0.1) is 0 Å². The van der Waals surface area contributed by atoms with Crippen LogP contribution in [-0.2, 0) is 11.2 Å². The number of nitrogen functional groups attached to an aromatic ring is 1. The van der Waals surface area contributed by atoms with E-state index in [0.717, 1.165) is 44.5 Å². The molecule has 7 rings (SSSR count). The van der Waals surface area contributed by atoms with E-state index in [9.17, 15) is 4.79 Å². The number of imidazole rings is 1. The van der Waals surface area contributed by atoms with Crippen LogP contribution in [0.25, 0.3) is 34.1 Å². The molecule has 1 aliphatic carbocycles. The number of amides is 1. The zero-order valence-corrected chi connectivity index (χ0v) is 24.0. The predicted octanol–water partition coefficient (Wildman–Crippen LogP) is 4.01. The molecule has 11 heteroatoms. The fraction of sp³-hybridized carbons (Fsp3) is 0.281. The van der Waals surface area contributed by atoms with Gasteiger partial charge in [0.15, 0.2) is 28.6 Å². The molecule has 1 unspecified atom stereocenters. The molecule has 1 fully saturated rings. The summed E-state index contributed by atoms with van der Waals surface area (Å²) >= 11 is 0. The van der Waals surface area contributed by atoms with Crippen LogP contribution >= 0.6 is 0 Å². The van der Waals surface area contributed by atoms with Crippen LogP contribution in [-0.4, -0.2) is 66.3 Å². The third-order valence-electron chi connectivity index (χ3n) is 8.49. The summed E-state index contributed by atoms with van der Waals surface area (Å²) in [7, 11) is 1.63. The molecule has 1 aliphatic heterocycles. The van der Waals surface area contributed by atoms with Crippen LogP contribution in [0.1, 0.15) is 36.4 Å². The molecule has 0 radical (unpaired) electrons. The summed E-state index contributed by atoms with van der Waals surface area (Å²) in [6.07, 6.45) is 10.5. The Hall–Kier alpha value is -5.03. The first-order valence-corrected chi connectivity index (χ1v) is 14.5. The third kappa shape index (κ3) is 4.81. The van der Waals surface area contributed by atoms with E-state index < -0.39 is 0 Å². The fourth-order valence-electron chi connectivity index (χ4n) is 6.31. The van der Waals surface area contributed by atoms with Gasteiger partial charge in [0.05, 0.1) is 12.7 Å². The van der Waals surface area contributed by atoms with E-state index in [0.29, 0.717) is 46.0 Å². The minimum atomic E-state index is 0.0143. The Labute approximate surface area is 249 Å². The number of hydrogen-bond acceptors (Lipinski definition) is 8. The smallest absolute Gasteiger partial charge is 0.245 e. The van der Waals surface area contributed by atoms with E-state index in [-0.39, 0.29) is 11.9 Å². The highest BCUT2D eigenvalue weighted by atomic mass is 16.5. The topological polar surface area (TPSA) is 129 Å². The summed E-state index contributed by atoms with van der Waals surface area (Å²) in [5.74, 6) is 2.24. The first kappa shape index (κ1) is 26.8. The number of carbonyl (C=O) groups is 1. The molecule has 11 nitrogen and oxygen atoms in total. The Morgan fingerprint density at radius 1 is 1.12 bits per heavy atom. The van der Waals surface area contributed by atoms with Crippen LogP contribution in [0.15, 0.2) is 73.7 Å². The molecule has 1 saturated heterocycles. The van der Waals surface area contributed by atoms with E-state index in [1.165, 1.54) is 17.2 Å². The molecule has 0 saturated carbocycles. The number of fused-ring (bicyclic) bond motifs is 2. The summed E-state index contributed by atoms with van der Waals surface area (Å²) in [6, 6.07) is 14.7. The number of rotatable bonds is 7. The molecular formula is C32H33N9O2. The SMILES string of the molecule is C=CC(=O)N1CCC(NC2CCc3cc(-n4c(-c5cccnc5N)nc5c(OC)cc(-n6cccn6)nc54)ccc32)CC1. The number of nitrogens with one attached hydrogen (secondary N) is 1. The summed E-state index contributed by atoms with van der Waals surface area (Å²) < 4.78 is 9.52. The van der Waals surface area contributed by atoms with Crippen molar-refractivity contribution in [2.75, 3.05) is 25.9 Å². The van der Waals surface area contributed by atoms with Crippen molar-refractivity contribution in [2.24, 2.45) is 0 Å². The van der Waals surface area contributed by atoms with Gasteiger partial charge >= 0.3 is 0 Å². The van der Waals surface area contributed by atoms with Gasteiger partial charge in [0.2, 0.25) is 5.91 Å². The van der Waals surface area contributed by atoms with Crippen molar-refractivity contribution in [2.45, 2.75) is 37.8 Å². The number of ether oxygens (including phenoxy) is 1. The van der Waals surface area contributed by atoms with Gasteiger partial charge in [-0.25, -0.2) is 19.6 Å². The molecule has 1 amide bonds. The normalized spacial score (nSPS) is 16.9. The quantitative estimate of drug-likeness (QED) is 0.279. The summed E-state index contributed by atoms with van der Waals surface area (Å²) in [6.45, 7) is 5.13. The van der Waals surface area contributed by atoms with Gasteiger partial charge in [0.25, 0.3) is 0 Å². The van der Waals surface area contributed by atoms with Gasteiger partial charge in [-0.3, -0.25) is 9.36 Å². The van der Waals surface area contributed by atoms with Crippen LogP contribution in [0.3, 0.4) is 0 Å². The van der Waals surface area contributed by atoms with E-state index in [4.69, 9.17) is 20.4 Å². The molecule has 1 atom stereocenters. The number of nitrogens with two attached hydrogens (primary N) is 1. The predicted molar refractivity (Wildman–Crippen MR) is 164 cm³/mol. The Morgan fingerprint density at radius 3 is 2.72 bits per heavy atom. The lowest BCUT2D eigenvalue weighted by molar-refractivity contribution is -0.127. The second-order valence-electron chi connectivity index (χ2n) is 11.0. The molecule has 2 aliphatic rings. The van der Waals surface area contributed by atoms with Gasteiger partial charge in [-0.2, -0.15) is 5.10 Å². The molecule has 5 aromatic rings. The fourth-order valence-corrected chi connectivity index (χ4v) is 6.31. The van der Waals surface area contributed by atoms with E-state index in [1.807, 2.05) is 39.9 Å². The maximum atomic E-state index is 12.0. The number of hydrogen-bond donors (Lipinski definition) is 2. The van der Waals surface area contributed by atoms with Crippen LogP contribution in [0.5, 0.6) is 5.75 Å². The number of anilines is 1. The Morgan fingerprint density at radius 2 is 1.98 bits per heavy atom. The van der Waals surface area contributed by atoms with Gasteiger partial charge in [0.1, 0.15) is 5.82 Å². The average molecular weight is 576 g/mol. The van der Waals surface area contributed by atoms with Gasteiger partial charge in [0, 0.05) is 55.5 Å². The number of piperidine rings is 1. The van der Waals surface area contributed by atoms with Crippen molar-refractivity contribution in [3.63, 3.8) is 0 Å². The first-order chi connectivity index (χ1) is 21.0. The largest absolute Gasteiger partial charge is 0.494 e. The minimum Gasteiger partial charge on any atom is -0.494 e. The maximum absolute atomic E-state index is 12.0. The number of benzene rings is 1. The lowest BCUT2D eigenvalue weighted by Gasteiger charge is -2.33. The molecule has 0 spiro atoms. The number of carbonyl (C=O) groups excluding carboxylic acids is 1. The van der Waals surface area contributed by atoms with Gasteiger partial charge in [-0.05, 0) is 73.2 Å². The van der Waals surface area contributed by atoms with E-state index >= 15 is 0 Å². The van der Waals surface area contributed by atoms with Crippen molar-refractivity contribution < 1.29 is 9.53 Å². The molecule has 1 aromatic carbocycles. The lowest BCUT2D eigenvalue weighted by Crippen LogP contribution is -2.45. The Balaban J connectivity index is 1.27. The second kappa shape index (κ2) is 11.0. The monoisotopic (exact) mass is 575 g/mol. The number of aromatic nitrogens is 6. The highest BCUT2D eigenvalue weighted by molar-refractivity contribution is 5.88. The highest BCUT2D eigenvalue weighted by Gasteiger charge is 2.29. The Bertz CT molecular complexity index is 1820. The number of pyridine rings is 2. The second-order valence-corrected chi connectivity index (χ2v) is 11.0. The van der Waals surface area contributed by atoms with Crippen LogP contribution in [0.2, 0.25) is 0 Å². The van der Waals surface area contributed by atoms with Gasteiger partial charge in [-0.1, -0.05) is 12.6 Å². The summed E-state index contributed by atoms with van der Waals surface area (Å²) in [4.78, 5) is 28.2. The highest BCUT2D eigenvalue weighted by Crippen LogP contribution is 2.38. The van der Waals surface area contributed by atoms with Crippen molar-refractivity contribution >= 4 is 22.9 Å². The van der Waals surface area contributed by atoms with Crippen molar-refractivity contribution in [3.8, 4) is 28.6 Å². The standard InChI is InChI=1S/C32H33N9O2/c1-3-28(42)39-16-11-21(12-17-39)36-25-10-7-20-18-22(8-9-23(20)25)41-31(24-6-4-13-34-30(24)33)38-29-26(43-2)19-27(37-32(29)41)40-15-5-14-35-40/h3-6,8-9,13-15,18-19,21,25,36H,1,7,10-12,16-17H2,2H3,(H2,33,34). The maximum Gasteiger partial charge on any atom is 0.245 e. The molecular weight excluding hydrogens is 542 g/mol. The number of aryl methyl sites for hydroxylation is 1. The van der Waals surface area contributed by atoms with Crippen LogP contribution < -0.4 is 15.8 Å². The Kier molecular flexibility index (Phi) is 6.86. The molecule has 0 bridgehead atoms. The van der Waals surface area contributed by atoms with Crippen molar-refractivity contribution in [3.05, 3.63) is 84.8 Å². The first-order valence-electron chi connectivity index (χ1n) is 14.5. The summed E-state index contributed by atoms with van der Waals surface area (Å²) in [5, 5.41) is 8.25. The van der Waals surface area contributed by atoms with Crippen LogP contribution in [0.4, 0.5) is 5.82 Å². The zero-order chi connectivity index (χ0) is 29.5. The van der Waals surface area contributed by atoms with Crippen molar-refractivity contribution in [1.82, 2.24) is 39.5 Å². The van der Waals surface area contributed by atoms with Gasteiger partial charge < -0.3 is 20.7 Å². The zero-order valence-electron chi connectivity index (χ0n) is 24.0.